The maximum absolute atomic E-state index is 12.2. The van der Waals surface area contributed by atoms with Gasteiger partial charge in [0.2, 0.25) is 5.91 Å². The van der Waals surface area contributed by atoms with Crippen molar-refractivity contribution in [3.63, 3.8) is 0 Å². The van der Waals surface area contributed by atoms with Gasteiger partial charge in [-0.05, 0) is 39.2 Å². The number of likely N-dealkylation sites (tertiary alicyclic amines) is 1. The number of hydrogen-bond acceptors (Lipinski definition) is 3. The summed E-state index contributed by atoms with van der Waals surface area (Å²) in [4.78, 5) is 25.4. The fraction of sp³-hybridized carbons (Fsp3) is 0.750. The Morgan fingerprint density at radius 3 is 2.52 bits per heavy atom. The maximum Gasteiger partial charge on any atom is 0.310 e. The van der Waals surface area contributed by atoms with Crippen LogP contribution in [0.4, 0.5) is 0 Å². The van der Waals surface area contributed by atoms with Gasteiger partial charge in [0.25, 0.3) is 0 Å². The third-order valence-corrected chi connectivity index (χ3v) is 4.52. The van der Waals surface area contributed by atoms with Crippen molar-refractivity contribution < 1.29 is 14.7 Å². The molecule has 1 amide bonds. The van der Waals surface area contributed by atoms with Crippen LogP contribution in [0.15, 0.2) is 0 Å². The second-order valence-electron chi connectivity index (χ2n) is 6.16. The summed E-state index contributed by atoms with van der Waals surface area (Å²) in [7, 11) is 0. The van der Waals surface area contributed by atoms with E-state index in [2.05, 4.69) is 11.2 Å². The van der Waals surface area contributed by atoms with E-state index in [-0.39, 0.29) is 12.5 Å². The SMILES string of the molecule is C#CC(CC)(CC)NC(=O)CN1CCCC(C)(C(=O)O)C1. The van der Waals surface area contributed by atoms with Crippen molar-refractivity contribution in [1.29, 1.82) is 0 Å². The zero-order chi connectivity index (χ0) is 16.1. The van der Waals surface area contributed by atoms with Gasteiger partial charge in [0.05, 0.1) is 12.0 Å². The standard InChI is InChI=1S/C16H26N2O3/c1-5-16(6-2,7-3)17-13(19)11-18-10-8-9-15(4,12-18)14(20)21/h1H,6-12H2,2-4H3,(H,17,19)(H,20,21). The van der Waals surface area contributed by atoms with Gasteiger partial charge < -0.3 is 10.4 Å². The minimum absolute atomic E-state index is 0.133. The van der Waals surface area contributed by atoms with E-state index in [1.165, 1.54) is 0 Å². The molecule has 0 spiro atoms. The second kappa shape index (κ2) is 6.95. The van der Waals surface area contributed by atoms with Gasteiger partial charge in [0.1, 0.15) is 5.54 Å². The van der Waals surface area contributed by atoms with E-state index >= 15 is 0 Å². The minimum atomic E-state index is -0.798. The Labute approximate surface area is 127 Å². The van der Waals surface area contributed by atoms with Crippen LogP contribution in [0.25, 0.3) is 0 Å². The molecule has 1 unspecified atom stereocenters. The van der Waals surface area contributed by atoms with E-state index in [9.17, 15) is 14.7 Å². The van der Waals surface area contributed by atoms with Crippen LogP contribution in [-0.2, 0) is 9.59 Å². The van der Waals surface area contributed by atoms with Gasteiger partial charge in [-0.2, -0.15) is 0 Å². The monoisotopic (exact) mass is 294 g/mol. The van der Waals surface area contributed by atoms with Crippen LogP contribution in [0.1, 0.15) is 46.5 Å². The predicted molar refractivity (Wildman–Crippen MR) is 81.7 cm³/mol. The molecule has 5 heteroatoms. The van der Waals surface area contributed by atoms with Gasteiger partial charge in [-0.1, -0.05) is 19.8 Å². The van der Waals surface area contributed by atoms with E-state index in [4.69, 9.17) is 6.42 Å². The summed E-state index contributed by atoms with van der Waals surface area (Å²) in [5.41, 5.74) is -1.36. The van der Waals surface area contributed by atoms with Gasteiger partial charge in [-0.3, -0.25) is 14.5 Å². The van der Waals surface area contributed by atoms with Crippen LogP contribution in [0, 0.1) is 17.8 Å². The molecule has 5 nitrogen and oxygen atoms in total. The number of carboxylic acids is 1. The molecule has 118 valence electrons. The molecule has 1 fully saturated rings. The van der Waals surface area contributed by atoms with Crippen LogP contribution < -0.4 is 5.32 Å². The molecule has 0 radical (unpaired) electrons. The van der Waals surface area contributed by atoms with Crippen LogP contribution >= 0.6 is 0 Å². The molecular formula is C16H26N2O3. The van der Waals surface area contributed by atoms with Crippen molar-refractivity contribution in [3.8, 4) is 12.3 Å². The first-order valence-corrected chi connectivity index (χ1v) is 7.55. The summed E-state index contributed by atoms with van der Waals surface area (Å²) < 4.78 is 0. The van der Waals surface area contributed by atoms with E-state index in [1.807, 2.05) is 18.7 Å². The molecule has 1 rings (SSSR count). The molecular weight excluding hydrogens is 268 g/mol. The summed E-state index contributed by atoms with van der Waals surface area (Å²) >= 11 is 0. The number of aliphatic carboxylic acids is 1. The van der Waals surface area contributed by atoms with E-state index < -0.39 is 16.9 Å². The normalized spacial score (nSPS) is 23.3. The highest BCUT2D eigenvalue weighted by atomic mass is 16.4. The second-order valence-corrected chi connectivity index (χ2v) is 6.16. The summed E-state index contributed by atoms with van der Waals surface area (Å²) in [6.45, 7) is 6.99. The van der Waals surface area contributed by atoms with E-state index in [1.54, 1.807) is 6.92 Å². The van der Waals surface area contributed by atoms with Gasteiger partial charge in [-0.25, -0.2) is 0 Å². The quantitative estimate of drug-likeness (QED) is 0.728. The topological polar surface area (TPSA) is 69.6 Å². The van der Waals surface area contributed by atoms with Crippen molar-refractivity contribution in [1.82, 2.24) is 10.2 Å². The Kier molecular flexibility index (Phi) is 5.79. The van der Waals surface area contributed by atoms with E-state index in [0.717, 1.165) is 13.0 Å². The number of carboxylic acid groups (broad SMARTS) is 1. The highest BCUT2D eigenvalue weighted by Crippen LogP contribution is 2.29. The number of amides is 1. The number of piperidine rings is 1. The minimum Gasteiger partial charge on any atom is -0.481 e. The lowest BCUT2D eigenvalue weighted by atomic mass is 9.82. The molecule has 0 aromatic heterocycles. The maximum atomic E-state index is 12.2. The first-order valence-electron chi connectivity index (χ1n) is 7.55. The summed E-state index contributed by atoms with van der Waals surface area (Å²) in [5, 5.41) is 12.2. The van der Waals surface area contributed by atoms with Gasteiger partial charge in [0, 0.05) is 6.54 Å². The lowest BCUT2D eigenvalue weighted by molar-refractivity contribution is -0.151. The number of hydrogen-bond donors (Lipinski definition) is 2. The van der Waals surface area contributed by atoms with Crippen molar-refractivity contribution in [2.24, 2.45) is 5.41 Å². The average molecular weight is 294 g/mol. The molecule has 0 aliphatic carbocycles. The summed E-state index contributed by atoms with van der Waals surface area (Å²) in [6.07, 6.45) is 8.34. The van der Waals surface area contributed by atoms with Gasteiger partial charge in [-0.15, -0.1) is 6.42 Å². The first kappa shape index (κ1) is 17.5. The number of nitrogens with one attached hydrogen (secondary N) is 1. The molecule has 0 bridgehead atoms. The fourth-order valence-electron chi connectivity index (χ4n) is 2.83. The third kappa shape index (κ3) is 4.21. The number of nitrogens with zero attached hydrogens (tertiary/aromatic N) is 1. The molecule has 0 saturated carbocycles. The lowest BCUT2D eigenvalue weighted by Gasteiger charge is -2.37. The Morgan fingerprint density at radius 2 is 2.05 bits per heavy atom. The molecule has 1 aliphatic rings. The first-order chi connectivity index (χ1) is 9.80. The molecule has 1 heterocycles. The van der Waals surface area contributed by atoms with Crippen molar-refractivity contribution >= 4 is 11.9 Å². The highest BCUT2D eigenvalue weighted by molar-refractivity contribution is 5.80. The van der Waals surface area contributed by atoms with Gasteiger partial charge in [0.15, 0.2) is 0 Å². The van der Waals surface area contributed by atoms with Crippen LogP contribution in [0.2, 0.25) is 0 Å². The molecule has 2 N–H and O–H groups in total. The third-order valence-electron chi connectivity index (χ3n) is 4.52. The summed E-state index contributed by atoms with van der Waals surface area (Å²) in [5.74, 6) is 1.74. The molecule has 1 saturated heterocycles. The molecule has 1 atom stereocenters. The van der Waals surface area contributed by atoms with Gasteiger partial charge >= 0.3 is 5.97 Å². The smallest absolute Gasteiger partial charge is 0.310 e. The van der Waals surface area contributed by atoms with Crippen LogP contribution in [0.3, 0.4) is 0 Å². The Morgan fingerprint density at radius 1 is 1.43 bits per heavy atom. The Bertz CT molecular complexity index is 437. The number of carbonyl (C=O) groups excluding carboxylic acids is 1. The average Bonchev–Trinajstić information content (AvgIpc) is 2.45. The largest absolute Gasteiger partial charge is 0.481 e. The molecule has 0 aromatic rings. The lowest BCUT2D eigenvalue weighted by Crippen LogP contribution is -2.53. The van der Waals surface area contributed by atoms with Crippen LogP contribution in [0.5, 0.6) is 0 Å². The van der Waals surface area contributed by atoms with Crippen molar-refractivity contribution in [2.75, 3.05) is 19.6 Å². The fourth-order valence-corrected chi connectivity index (χ4v) is 2.83. The van der Waals surface area contributed by atoms with Crippen LogP contribution in [-0.4, -0.2) is 47.1 Å². The highest BCUT2D eigenvalue weighted by Gasteiger charge is 2.38. The molecule has 1 aliphatic heterocycles. The van der Waals surface area contributed by atoms with E-state index in [0.29, 0.717) is 25.8 Å². The zero-order valence-electron chi connectivity index (χ0n) is 13.2. The zero-order valence-corrected chi connectivity index (χ0v) is 13.2. The number of terminal acetylenes is 1. The molecule has 21 heavy (non-hydrogen) atoms. The number of carbonyl (C=O) groups is 2. The van der Waals surface area contributed by atoms with Crippen molar-refractivity contribution in [2.45, 2.75) is 52.0 Å². The Hall–Kier alpha value is -1.54. The van der Waals surface area contributed by atoms with Crippen molar-refractivity contribution in [3.05, 3.63) is 0 Å². The number of rotatable bonds is 6. The molecule has 0 aromatic carbocycles. The Balaban J connectivity index is 2.63. The predicted octanol–water partition coefficient (Wildman–Crippen LogP) is 1.48. The summed E-state index contributed by atoms with van der Waals surface area (Å²) in [6, 6.07) is 0.